The average molecular weight is 445 g/mol. The van der Waals surface area contributed by atoms with E-state index in [0.29, 0.717) is 40.0 Å². The van der Waals surface area contributed by atoms with Crippen LogP contribution in [0.3, 0.4) is 0 Å². The van der Waals surface area contributed by atoms with Crippen LogP contribution in [0.15, 0.2) is 18.3 Å². The highest BCUT2D eigenvalue weighted by Crippen LogP contribution is 2.33. The first-order valence-corrected chi connectivity index (χ1v) is 11.0. The number of nitriles is 2. The van der Waals surface area contributed by atoms with E-state index in [1.54, 1.807) is 6.07 Å². The lowest BCUT2D eigenvalue weighted by molar-refractivity contribution is 0.282. The Morgan fingerprint density at radius 3 is 2.79 bits per heavy atom. The fourth-order valence-corrected chi connectivity index (χ4v) is 4.09. The van der Waals surface area contributed by atoms with Crippen molar-refractivity contribution in [3.63, 3.8) is 0 Å². The normalized spacial score (nSPS) is 18.1. The SMILES string of the molecule is C[C@H]1CNCCN1c1cc(C#N)cc(Nc2nc(NC3CC3)n3ncc(C#N)c3n2)c1CO. The minimum Gasteiger partial charge on any atom is -0.392 e. The number of piperazine rings is 1. The number of aliphatic hydroxyl groups is 1. The van der Waals surface area contributed by atoms with Gasteiger partial charge >= 0.3 is 0 Å². The minimum absolute atomic E-state index is 0.206. The molecule has 0 radical (unpaired) electrons. The number of nitrogens with zero attached hydrogens (tertiary/aromatic N) is 7. The standard InChI is InChI=1S/C22H24N10O/c1-13-10-25-4-5-31(13)19-7-14(8-23)6-18(17(19)12-33)28-21-29-20-15(9-24)11-26-32(20)22(30-21)27-16-2-3-16/h6-7,11,13,16,25,33H,2-5,10,12H2,1H3,(H2,27,28,29,30)/t13-/m0/s1. The molecule has 1 saturated heterocycles. The zero-order valence-corrected chi connectivity index (χ0v) is 18.2. The molecule has 1 atom stereocenters. The molecule has 168 valence electrons. The number of anilines is 4. The Bertz CT molecular complexity index is 1280. The second-order valence-electron chi connectivity index (χ2n) is 8.36. The third kappa shape index (κ3) is 4.00. The van der Waals surface area contributed by atoms with E-state index in [4.69, 9.17) is 0 Å². The molecule has 1 saturated carbocycles. The van der Waals surface area contributed by atoms with Gasteiger partial charge in [-0.15, -0.1) is 0 Å². The van der Waals surface area contributed by atoms with Gasteiger partial charge in [0, 0.05) is 48.7 Å². The van der Waals surface area contributed by atoms with Crippen molar-refractivity contribution in [3.05, 3.63) is 35.0 Å². The Hall–Kier alpha value is -3.93. The number of hydrogen-bond donors (Lipinski definition) is 4. The van der Waals surface area contributed by atoms with E-state index in [1.807, 2.05) is 6.07 Å². The van der Waals surface area contributed by atoms with Gasteiger partial charge in [0.15, 0.2) is 5.65 Å². The smallest absolute Gasteiger partial charge is 0.232 e. The molecule has 11 nitrogen and oxygen atoms in total. The molecule has 1 aromatic carbocycles. The minimum atomic E-state index is -0.217. The zero-order valence-electron chi connectivity index (χ0n) is 18.2. The van der Waals surface area contributed by atoms with Crippen molar-refractivity contribution in [2.75, 3.05) is 35.2 Å². The number of aromatic nitrogens is 4. The number of nitrogens with one attached hydrogen (secondary N) is 3. The van der Waals surface area contributed by atoms with E-state index in [-0.39, 0.29) is 18.6 Å². The molecular formula is C22H24N10O. The predicted molar refractivity (Wildman–Crippen MR) is 122 cm³/mol. The van der Waals surface area contributed by atoms with Crippen molar-refractivity contribution in [1.29, 1.82) is 10.5 Å². The van der Waals surface area contributed by atoms with Gasteiger partial charge in [0.2, 0.25) is 11.9 Å². The van der Waals surface area contributed by atoms with Crippen LogP contribution in [-0.2, 0) is 6.61 Å². The van der Waals surface area contributed by atoms with Gasteiger partial charge in [-0.05, 0) is 31.9 Å². The first-order chi connectivity index (χ1) is 16.1. The monoisotopic (exact) mass is 444 g/mol. The van der Waals surface area contributed by atoms with Crippen LogP contribution in [0.5, 0.6) is 0 Å². The Morgan fingerprint density at radius 1 is 1.24 bits per heavy atom. The first kappa shape index (κ1) is 20.9. The highest BCUT2D eigenvalue weighted by Gasteiger charge is 2.25. The van der Waals surface area contributed by atoms with Gasteiger partial charge in [-0.2, -0.15) is 30.1 Å². The van der Waals surface area contributed by atoms with Crippen LogP contribution in [0.1, 0.15) is 36.5 Å². The van der Waals surface area contributed by atoms with Crippen LogP contribution in [0.2, 0.25) is 0 Å². The first-order valence-electron chi connectivity index (χ1n) is 11.0. The van der Waals surface area contributed by atoms with Crippen LogP contribution in [-0.4, -0.2) is 56.4 Å². The second-order valence-corrected chi connectivity index (χ2v) is 8.36. The van der Waals surface area contributed by atoms with Gasteiger partial charge in [-0.1, -0.05) is 0 Å². The fraction of sp³-hybridized carbons (Fsp3) is 0.409. The van der Waals surface area contributed by atoms with Gasteiger partial charge in [0.25, 0.3) is 0 Å². The number of rotatable bonds is 6. The van der Waals surface area contributed by atoms with Crippen molar-refractivity contribution in [3.8, 4) is 12.1 Å². The van der Waals surface area contributed by atoms with Crippen LogP contribution in [0.4, 0.5) is 23.3 Å². The third-order valence-corrected chi connectivity index (χ3v) is 5.97. The van der Waals surface area contributed by atoms with Crippen molar-refractivity contribution >= 4 is 28.9 Å². The molecular weight excluding hydrogens is 420 g/mol. The molecule has 1 aliphatic carbocycles. The van der Waals surface area contributed by atoms with E-state index in [1.165, 1.54) is 10.7 Å². The van der Waals surface area contributed by atoms with Gasteiger partial charge < -0.3 is 26.0 Å². The Labute approximate surface area is 190 Å². The Balaban J connectivity index is 1.59. The summed E-state index contributed by atoms with van der Waals surface area (Å²) in [5.41, 5.74) is 3.22. The topological polar surface area (TPSA) is 150 Å². The van der Waals surface area contributed by atoms with Crippen molar-refractivity contribution < 1.29 is 5.11 Å². The molecule has 0 spiro atoms. The maximum Gasteiger partial charge on any atom is 0.232 e. The Morgan fingerprint density at radius 2 is 2.09 bits per heavy atom. The molecule has 0 unspecified atom stereocenters. The van der Waals surface area contributed by atoms with Crippen LogP contribution in [0, 0.1) is 22.7 Å². The van der Waals surface area contributed by atoms with E-state index in [9.17, 15) is 15.6 Å². The molecule has 3 heterocycles. The molecule has 5 rings (SSSR count). The van der Waals surface area contributed by atoms with Crippen molar-refractivity contribution in [2.45, 2.75) is 38.5 Å². The van der Waals surface area contributed by atoms with Crippen LogP contribution >= 0.6 is 0 Å². The summed E-state index contributed by atoms with van der Waals surface area (Å²) in [4.78, 5) is 11.3. The molecule has 2 aliphatic rings. The maximum atomic E-state index is 10.3. The van der Waals surface area contributed by atoms with Crippen LogP contribution < -0.4 is 20.9 Å². The van der Waals surface area contributed by atoms with Gasteiger partial charge in [-0.25, -0.2) is 0 Å². The average Bonchev–Trinajstić information content (AvgIpc) is 3.55. The molecule has 2 aromatic heterocycles. The molecule has 2 fully saturated rings. The number of fused-ring (bicyclic) bond motifs is 1. The summed E-state index contributed by atoms with van der Waals surface area (Å²) in [6, 6.07) is 8.35. The lowest BCUT2D eigenvalue weighted by atomic mass is 10.0. The summed E-state index contributed by atoms with van der Waals surface area (Å²) in [5, 5.41) is 43.5. The van der Waals surface area contributed by atoms with Crippen molar-refractivity contribution in [2.24, 2.45) is 0 Å². The number of aliphatic hydroxyl groups excluding tert-OH is 1. The molecule has 0 bridgehead atoms. The molecule has 11 heteroatoms. The fourth-order valence-electron chi connectivity index (χ4n) is 4.09. The summed E-state index contributed by atoms with van der Waals surface area (Å²) in [6.07, 6.45) is 3.56. The van der Waals surface area contributed by atoms with Gasteiger partial charge in [-0.3, -0.25) is 0 Å². The zero-order chi connectivity index (χ0) is 22.9. The maximum absolute atomic E-state index is 10.3. The Kier molecular flexibility index (Phi) is 5.42. The van der Waals surface area contributed by atoms with Gasteiger partial charge in [0.05, 0.1) is 24.4 Å². The van der Waals surface area contributed by atoms with Crippen molar-refractivity contribution in [1.82, 2.24) is 24.9 Å². The lowest BCUT2D eigenvalue weighted by Crippen LogP contribution is -2.50. The van der Waals surface area contributed by atoms with Gasteiger partial charge in [0.1, 0.15) is 11.6 Å². The molecule has 33 heavy (non-hydrogen) atoms. The molecule has 4 N–H and O–H groups in total. The lowest BCUT2D eigenvalue weighted by Gasteiger charge is -2.37. The predicted octanol–water partition coefficient (Wildman–Crippen LogP) is 1.48. The quantitative estimate of drug-likeness (QED) is 0.440. The van der Waals surface area contributed by atoms with E-state index in [0.717, 1.165) is 38.2 Å². The van der Waals surface area contributed by atoms with E-state index < -0.39 is 0 Å². The van der Waals surface area contributed by atoms with E-state index in [2.05, 4.69) is 55.0 Å². The molecule has 1 aliphatic heterocycles. The number of benzene rings is 1. The molecule has 3 aromatic rings. The summed E-state index contributed by atoms with van der Waals surface area (Å²) in [6.45, 7) is 4.30. The highest BCUT2D eigenvalue weighted by atomic mass is 16.3. The summed E-state index contributed by atoms with van der Waals surface area (Å²) in [5.74, 6) is 0.746. The summed E-state index contributed by atoms with van der Waals surface area (Å²) < 4.78 is 1.52. The second kappa shape index (κ2) is 8.54. The molecule has 0 amide bonds. The summed E-state index contributed by atoms with van der Waals surface area (Å²) >= 11 is 0. The van der Waals surface area contributed by atoms with E-state index >= 15 is 0 Å². The van der Waals surface area contributed by atoms with Crippen LogP contribution in [0.25, 0.3) is 5.65 Å². The number of hydrogen-bond acceptors (Lipinski definition) is 10. The summed E-state index contributed by atoms with van der Waals surface area (Å²) in [7, 11) is 0. The third-order valence-electron chi connectivity index (χ3n) is 5.97. The highest BCUT2D eigenvalue weighted by molar-refractivity contribution is 5.74. The largest absolute Gasteiger partial charge is 0.392 e.